The Morgan fingerprint density at radius 1 is 1.00 bits per heavy atom. The van der Waals surface area contributed by atoms with Gasteiger partial charge in [0.15, 0.2) is 0 Å². The van der Waals surface area contributed by atoms with Crippen LogP contribution in [0.3, 0.4) is 0 Å². The third-order valence-electron chi connectivity index (χ3n) is 6.74. The first-order valence-corrected chi connectivity index (χ1v) is 11.1. The number of nitrogens with one attached hydrogen (secondary N) is 1. The molecular formula is C23H33N3O2. The van der Waals surface area contributed by atoms with E-state index in [1.165, 1.54) is 38.6 Å². The molecule has 0 radical (unpaired) electrons. The van der Waals surface area contributed by atoms with Crippen molar-refractivity contribution in [3.63, 3.8) is 0 Å². The average Bonchev–Trinajstić information content (AvgIpc) is 3.13. The van der Waals surface area contributed by atoms with Crippen LogP contribution in [-0.2, 0) is 9.59 Å². The Bertz CT molecular complexity index is 664. The van der Waals surface area contributed by atoms with Gasteiger partial charge in [-0.1, -0.05) is 37.5 Å². The fourth-order valence-corrected chi connectivity index (χ4v) is 5.05. The van der Waals surface area contributed by atoms with Gasteiger partial charge in [-0.05, 0) is 43.7 Å². The lowest BCUT2D eigenvalue weighted by atomic mass is 9.88. The van der Waals surface area contributed by atoms with Gasteiger partial charge in [-0.3, -0.25) is 9.59 Å². The first-order chi connectivity index (χ1) is 13.7. The van der Waals surface area contributed by atoms with E-state index in [-0.39, 0.29) is 23.8 Å². The maximum absolute atomic E-state index is 12.7. The van der Waals surface area contributed by atoms with Crippen molar-refractivity contribution in [2.75, 3.05) is 31.1 Å². The van der Waals surface area contributed by atoms with E-state index in [0.29, 0.717) is 13.0 Å². The molecule has 3 fully saturated rings. The molecule has 2 saturated heterocycles. The average molecular weight is 384 g/mol. The summed E-state index contributed by atoms with van der Waals surface area (Å²) in [7, 11) is 0. The summed E-state index contributed by atoms with van der Waals surface area (Å²) in [5.41, 5.74) is 0.888. The topological polar surface area (TPSA) is 52.7 Å². The van der Waals surface area contributed by atoms with Crippen molar-refractivity contribution in [2.45, 2.75) is 57.4 Å². The van der Waals surface area contributed by atoms with E-state index in [1.54, 1.807) is 4.90 Å². The largest absolute Gasteiger partial charge is 0.353 e. The van der Waals surface area contributed by atoms with Crippen LogP contribution in [0.2, 0.25) is 0 Å². The summed E-state index contributed by atoms with van der Waals surface area (Å²) in [6.45, 7) is 3.90. The third-order valence-corrected chi connectivity index (χ3v) is 6.74. The summed E-state index contributed by atoms with van der Waals surface area (Å²) in [5, 5.41) is 3.23. The quantitative estimate of drug-likeness (QED) is 0.850. The van der Waals surface area contributed by atoms with Crippen molar-refractivity contribution >= 4 is 17.5 Å². The van der Waals surface area contributed by atoms with Gasteiger partial charge in [0, 0.05) is 44.3 Å². The molecule has 5 heteroatoms. The van der Waals surface area contributed by atoms with Crippen molar-refractivity contribution < 1.29 is 9.59 Å². The molecular weight excluding hydrogens is 350 g/mol. The molecule has 1 N–H and O–H groups in total. The number of para-hydroxylation sites is 1. The van der Waals surface area contributed by atoms with Crippen LogP contribution in [0, 0.1) is 11.8 Å². The molecule has 28 heavy (non-hydrogen) atoms. The summed E-state index contributed by atoms with van der Waals surface area (Å²) >= 11 is 0. The van der Waals surface area contributed by atoms with Crippen LogP contribution < -0.4 is 10.2 Å². The van der Waals surface area contributed by atoms with E-state index in [0.717, 1.165) is 37.5 Å². The van der Waals surface area contributed by atoms with Gasteiger partial charge < -0.3 is 15.1 Å². The number of hydrogen-bond donors (Lipinski definition) is 1. The monoisotopic (exact) mass is 383 g/mol. The van der Waals surface area contributed by atoms with E-state index in [9.17, 15) is 9.59 Å². The molecule has 3 aliphatic rings. The van der Waals surface area contributed by atoms with Gasteiger partial charge in [-0.25, -0.2) is 0 Å². The molecule has 1 saturated carbocycles. The Hall–Kier alpha value is -1.88. The third kappa shape index (κ3) is 4.75. The van der Waals surface area contributed by atoms with Crippen molar-refractivity contribution in [3.8, 4) is 0 Å². The van der Waals surface area contributed by atoms with E-state index < -0.39 is 0 Å². The van der Waals surface area contributed by atoms with E-state index in [1.807, 2.05) is 30.3 Å². The highest BCUT2D eigenvalue weighted by molar-refractivity contribution is 6.00. The molecule has 0 spiro atoms. The van der Waals surface area contributed by atoms with Gasteiger partial charge in [0.1, 0.15) is 0 Å². The second-order valence-corrected chi connectivity index (χ2v) is 8.83. The van der Waals surface area contributed by atoms with E-state index in [4.69, 9.17) is 0 Å². The number of nitrogens with zero attached hydrogens (tertiary/aromatic N) is 2. The number of benzene rings is 1. The minimum Gasteiger partial charge on any atom is -0.353 e. The number of hydrogen-bond acceptors (Lipinski definition) is 3. The normalized spacial score (nSPS) is 25.2. The van der Waals surface area contributed by atoms with Crippen LogP contribution in [-0.4, -0.2) is 48.9 Å². The van der Waals surface area contributed by atoms with Crippen LogP contribution in [0.4, 0.5) is 5.69 Å². The summed E-state index contributed by atoms with van der Waals surface area (Å²) in [6.07, 6.45) is 9.38. The molecule has 1 aromatic rings. The molecule has 1 aliphatic carbocycles. The molecule has 2 heterocycles. The van der Waals surface area contributed by atoms with Crippen LogP contribution in [0.1, 0.15) is 51.4 Å². The summed E-state index contributed by atoms with van der Waals surface area (Å²) in [5.74, 6) is 0.757. The molecule has 4 rings (SSSR count). The number of rotatable bonds is 5. The smallest absolute Gasteiger partial charge is 0.227 e. The number of carbonyl (C=O) groups excluding carboxylic acids is 2. The number of carbonyl (C=O) groups is 2. The zero-order valence-corrected chi connectivity index (χ0v) is 16.8. The predicted molar refractivity (Wildman–Crippen MR) is 111 cm³/mol. The van der Waals surface area contributed by atoms with E-state index >= 15 is 0 Å². The Balaban J connectivity index is 1.22. The van der Waals surface area contributed by atoms with Crippen molar-refractivity contribution in [2.24, 2.45) is 11.8 Å². The minimum absolute atomic E-state index is 0.0497. The van der Waals surface area contributed by atoms with Gasteiger partial charge in [-0.2, -0.15) is 0 Å². The second-order valence-electron chi connectivity index (χ2n) is 8.83. The van der Waals surface area contributed by atoms with Crippen molar-refractivity contribution in [3.05, 3.63) is 30.3 Å². The Labute approximate surface area is 168 Å². The van der Waals surface area contributed by atoms with Crippen LogP contribution in [0.25, 0.3) is 0 Å². The zero-order valence-electron chi connectivity index (χ0n) is 16.8. The summed E-state index contributed by atoms with van der Waals surface area (Å²) in [6, 6.07) is 9.92. The highest BCUT2D eigenvalue weighted by Gasteiger charge is 2.36. The molecule has 2 amide bonds. The first-order valence-electron chi connectivity index (χ1n) is 11.1. The molecule has 0 aromatic heterocycles. The number of anilines is 1. The fourth-order valence-electron chi connectivity index (χ4n) is 5.05. The number of amides is 2. The van der Waals surface area contributed by atoms with Gasteiger partial charge in [0.05, 0.1) is 5.92 Å². The Morgan fingerprint density at radius 3 is 2.43 bits per heavy atom. The van der Waals surface area contributed by atoms with Crippen LogP contribution in [0.5, 0.6) is 0 Å². The summed E-state index contributed by atoms with van der Waals surface area (Å²) < 4.78 is 0. The van der Waals surface area contributed by atoms with Crippen molar-refractivity contribution in [1.82, 2.24) is 10.2 Å². The zero-order chi connectivity index (χ0) is 19.3. The SMILES string of the molecule is O=C(NC1CCN(CC2CCCCC2)CC1)C1CC(=O)N(c2ccccc2)C1. The molecule has 152 valence electrons. The molecule has 1 atom stereocenters. The first kappa shape index (κ1) is 19.4. The molecule has 2 aliphatic heterocycles. The standard InChI is InChI=1S/C23H33N3O2/c27-22-15-19(17-26(22)21-9-5-2-6-10-21)23(28)24-20-11-13-25(14-12-20)16-18-7-3-1-4-8-18/h2,5-6,9-10,18-20H,1,3-4,7-8,11-17H2,(H,24,28). The van der Waals surface area contributed by atoms with Crippen LogP contribution >= 0.6 is 0 Å². The lowest BCUT2D eigenvalue weighted by Crippen LogP contribution is -2.47. The summed E-state index contributed by atoms with van der Waals surface area (Å²) in [4.78, 5) is 29.4. The van der Waals surface area contributed by atoms with Crippen molar-refractivity contribution in [1.29, 1.82) is 0 Å². The highest BCUT2D eigenvalue weighted by Crippen LogP contribution is 2.27. The molecule has 5 nitrogen and oxygen atoms in total. The van der Waals surface area contributed by atoms with Gasteiger partial charge in [0.2, 0.25) is 11.8 Å². The van der Waals surface area contributed by atoms with E-state index in [2.05, 4.69) is 10.2 Å². The predicted octanol–water partition coefficient (Wildman–Crippen LogP) is 3.20. The maximum Gasteiger partial charge on any atom is 0.227 e. The van der Waals surface area contributed by atoms with Gasteiger partial charge in [-0.15, -0.1) is 0 Å². The lowest BCUT2D eigenvalue weighted by molar-refractivity contribution is -0.127. The number of piperidine rings is 1. The second kappa shape index (κ2) is 9.08. The van der Waals surface area contributed by atoms with Gasteiger partial charge in [0.25, 0.3) is 0 Å². The molecule has 1 aromatic carbocycles. The van der Waals surface area contributed by atoms with Gasteiger partial charge >= 0.3 is 0 Å². The maximum atomic E-state index is 12.7. The number of likely N-dealkylation sites (tertiary alicyclic amines) is 1. The molecule has 1 unspecified atom stereocenters. The Kier molecular flexibility index (Phi) is 6.30. The Morgan fingerprint density at radius 2 is 1.71 bits per heavy atom. The van der Waals surface area contributed by atoms with Crippen LogP contribution in [0.15, 0.2) is 30.3 Å². The fraction of sp³-hybridized carbons (Fsp3) is 0.652. The minimum atomic E-state index is -0.229. The highest BCUT2D eigenvalue weighted by atomic mass is 16.2. The lowest BCUT2D eigenvalue weighted by Gasteiger charge is -2.35. The molecule has 0 bridgehead atoms.